The molecule has 2 aromatic rings. The van der Waals surface area contributed by atoms with Crippen molar-refractivity contribution in [3.63, 3.8) is 0 Å². The minimum absolute atomic E-state index is 0.0906. The topological polar surface area (TPSA) is 85.3 Å². The molecule has 0 aromatic heterocycles. The van der Waals surface area contributed by atoms with Gasteiger partial charge in [0.05, 0.1) is 6.54 Å². The fourth-order valence-corrected chi connectivity index (χ4v) is 4.08. The molecule has 1 aliphatic rings. The number of para-hydroxylation sites is 1. The van der Waals surface area contributed by atoms with Crippen LogP contribution in [0.2, 0.25) is 0 Å². The molecule has 0 aliphatic heterocycles. The molecule has 1 amide bonds. The first-order valence-electron chi connectivity index (χ1n) is 11.7. The Hall–Kier alpha value is -3.13. The number of ether oxygens (including phenoxy) is 3. The molecule has 7 nitrogen and oxygen atoms in total. The van der Waals surface area contributed by atoms with Crippen LogP contribution < -0.4 is 9.47 Å². The van der Waals surface area contributed by atoms with Crippen molar-refractivity contribution in [2.24, 2.45) is 5.92 Å². The Morgan fingerprint density at radius 1 is 1.12 bits per heavy atom. The van der Waals surface area contributed by atoms with Crippen LogP contribution in [0.25, 0.3) is 0 Å². The molecular formula is C26H32FNO6. The zero-order valence-corrected chi connectivity index (χ0v) is 19.5. The molecule has 8 heteroatoms. The molecule has 1 fully saturated rings. The van der Waals surface area contributed by atoms with Gasteiger partial charge in [0, 0.05) is 19.6 Å². The number of hydrogen-bond donors (Lipinski definition) is 1. The second-order valence-corrected chi connectivity index (χ2v) is 8.37. The van der Waals surface area contributed by atoms with Gasteiger partial charge in [-0.2, -0.15) is 0 Å². The SMILES string of the molecule is CCOC(Cc1ccc(OCCN(CC2CCCC2)C(=O)Oc2ccccc2F)cc1)C(=O)O. The minimum Gasteiger partial charge on any atom is -0.492 e. The van der Waals surface area contributed by atoms with Crippen LogP contribution in [0.1, 0.15) is 38.2 Å². The molecule has 1 unspecified atom stereocenters. The maximum atomic E-state index is 13.9. The number of carboxylic acids is 1. The third kappa shape index (κ3) is 7.73. The first kappa shape index (κ1) is 25.5. The monoisotopic (exact) mass is 473 g/mol. The van der Waals surface area contributed by atoms with E-state index in [1.165, 1.54) is 12.1 Å². The predicted octanol–water partition coefficient (Wildman–Crippen LogP) is 4.93. The highest BCUT2D eigenvalue weighted by atomic mass is 19.1. The summed E-state index contributed by atoms with van der Waals surface area (Å²) in [4.78, 5) is 25.6. The summed E-state index contributed by atoms with van der Waals surface area (Å²) in [7, 11) is 0. The number of amides is 1. The van der Waals surface area contributed by atoms with Crippen molar-refractivity contribution < 1.29 is 33.3 Å². The van der Waals surface area contributed by atoms with Gasteiger partial charge in [-0.1, -0.05) is 37.1 Å². The van der Waals surface area contributed by atoms with Crippen LogP contribution in [-0.2, 0) is 16.0 Å². The molecule has 0 radical (unpaired) electrons. The summed E-state index contributed by atoms with van der Waals surface area (Å²) in [6.07, 6.45) is 3.20. The van der Waals surface area contributed by atoms with Gasteiger partial charge in [0.1, 0.15) is 12.4 Å². The number of carbonyl (C=O) groups excluding carboxylic acids is 1. The summed E-state index contributed by atoms with van der Waals surface area (Å²) in [5, 5.41) is 9.23. The van der Waals surface area contributed by atoms with Gasteiger partial charge in [-0.3, -0.25) is 0 Å². The zero-order chi connectivity index (χ0) is 24.3. The van der Waals surface area contributed by atoms with Gasteiger partial charge < -0.3 is 24.2 Å². The van der Waals surface area contributed by atoms with E-state index in [1.54, 1.807) is 48.2 Å². The van der Waals surface area contributed by atoms with Crippen LogP contribution in [0.5, 0.6) is 11.5 Å². The van der Waals surface area contributed by atoms with Crippen molar-refractivity contribution >= 4 is 12.1 Å². The maximum absolute atomic E-state index is 13.9. The normalized spacial score (nSPS) is 14.5. The average Bonchev–Trinajstić information content (AvgIpc) is 3.34. The number of nitrogens with zero attached hydrogens (tertiary/aromatic N) is 1. The summed E-state index contributed by atoms with van der Waals surface area (Å²) < 4.78 is 30.3. The zero-order valence-electron chi connectivity index (χ0n) is 19.5. The second kappa shape index (κ2) is 12.9. The second-order valence-electron chi connectivity index (χ2n) is 8.37. The third-order valence-corrected chi connectivity index (χ3v) is 5.86. The van der Waals surface area contributed by atoms with E-state index in [9.17, 15) is 19.1 Å². The highest BCUT2D eigenvalue weighted by Crippen LogP contribution is 2.26. The Bertz CT molecular complexity index is 929. The number of carbonyl (C=O) groups is 2. The van der Waals surface area contributed by atoms with Crippen molar-refractivity contribution in [1.82, 2.24) is 4.90 Å². The van der Waals surface area contributed by atoms with E-state index in [-0.39, 0.29) is 18.8 Å². The maximum Gasteiger partial charge on any atom is 0.415 e. The van der Waals surface area contributed by atoms with E-state index in [4.69, 9.17) is 14.2 Å². The number of carboxylic acid groups (broad SMARTS) is 1. The Morgan fingerprint density at radius 2 is 1.82 bits per heavy atom. The molecule has 0 bridgehead atoms. The number of aliphatic carboxylic acids is 1. The number of halogens is 1. The van der Waals surface area contributed by atoms with E-state index >= 15 is 0 Å². The molecule has 3 rings (SSSR count). The molecule has 1 saturated carbocycles. The van der Waals surface area contributed by atoms with E-state index < -0.39 is 24.0 Å². The van der Waals surface area contributed by atoms with Crippen LogP contribution in [0, 0.1) is 11.7 Å². The Morgan fingerprint density at radius 3 is 2.47 bits per heavy atom. The summed E-state index contributed by atoms with van der Waals surface area (Å²) in [5.41, 5.74) is 0.824. The van der Waals surface area contributed by atoms with E-state index in [0.717, 1.165) is 31.2 Å². The molecule has 1 atom stereocenters. The van der Waals surface area contributed by atoms with E-state index in [2.05, 4.69) is 0 Å². The molecule has 34 heavy (non-hydrogen) atoms. The molecule has 1 N–H and O–H groups in total. The lowest BCUT2D eigenvalue weighted by molar-refractivity contribution is -0.149. The quantitative estimate of drug-likeness (QED) is 0.471. The first-order chi connectivity index (χ1) is 16.5. The van der Waals surface area contributed by atoms with Gasteiger partial charge in [-0.25, -0.2) is 14.0 Å². The fourth-order valence-electron chi connectivity index (χ4n) is 4.08. The molecule has 184 valence electrons. The standard InChI is InChI=1S/C26H32FNO6/c1-2-32-24(25(29)30)17-19-11-13-21(14-12-19)33-16-15-28(18-20-7-3-4-8-20)26(31)34-23-10-6-5-9-22(23)27/h5-6,9-14,20,24H,2-4,7-8,15-18H2,1H3,(H,29,30). The first-order valence-corrected chi connectivity index (χ1v) is 11.7. The Labute approximate surface area is 199 Å². The van der Waals surface area contributed by atoms with E-state index in [0.29, 0.717) is 31.4 Å². The fraction of sp³-hybridized carbons (Fsp3) is 0.462. The Balaban J connectivity index is 1.55. The van der Waals surface area contributed by atoms with Crippen LogP contribution >= 0.6 is 0 Å². The van der Waals surface area contributed by atoms with Crippen molar-refractivity contribution in [3.8, 4) is 11.5 Å². The number of rotatable bonds is 12. The molecule has 0 saturated heterocycles. The van der Waals surface area contributed by atoms with Crippen molar-refractivity contribution in [1.29, 1.82) is 0 Å². The van der Waals surface area contributed by atoms with Crippen LogP contribution in [0.4, 0.5) is 9.18 Å². The largest absolute Gasteiger partial charge is 0.492 e. The van der Waals surface area contributed by atoms with Gasteiger partial charge in [-0.05, 0) is 55.5 Å². The minimum atomic E-state index is -0.994. The van der Waals surface area contributed by atoms with Crippen molar-refractivity contribution in [2.45, 2.75) is 45.1 Å². The van der Waals surface area contributed by atoms with Gasteiger partial charge in [0.15, 0.2) is 17.7 Å². The van der Waals surface area contributed by atoms with Crippen LogP contribution in [-0.4, -0.2) is 54.5 Å². The average molecular weight is 474 g/mol. The van der Waals surface area contributed by atoms with Gasteiger partial charge in [0.25, 0.3) is 0 Å². The summed E-state index contributed by atoms with van der Waals surface area (Å²) in [5.74, 6) is -0.656. The Kier molecular flexibility index (Phi) is 9.70. The smallest absolute Gasteiger partial charge is 0.415 e. The lowest BCUT2D eigenvalue weighted by Crippen LogP contribution is -2.39. The third-order valence-electron chi connectivity index (χ3n) is 5.86. The predicted molar refractivity (Wildman–Crippen MR) is 125 cm³/mol. The number of benzene rings is 2. The molecular weight excluding hydrogens is 441 g/mol. The number of hydrogen-bond acceptors (Lipinski definition) is 5. The van der Waals surface area contributed by atoms with Crippen molar-refractivity contribution in [3.05, 3.63) is 59.9 Å². The highest BCUT2D eigenvalue weighted by molar-refractivity contribution is 5.72. The summed E-state index contributed by atoms with van der Waals surface area (Å²) >= 11 is 0. The molecule has 2 aromatic carbocycles. The van der Waals surface area contributed by atoms with Gasteiger partial charge in [0.2, 0.25) is 0 Å². The molecule has 0 heterocycles. The highest BCUT2D eigenvalue weighted by Gasteiger charge is 2.24. The van der Waals surface area contributed by atoms with Gasteiger partial charge >= 0.3 is 12.1 Å². The summed E-state index contributed by atoms with van der Waals surface area (Å²) in [6.45, 7) is 3.18. The van der Waals surface area contributed by atoms with Crippen LogP contribution in [0.15, 0.2) is 48.5 Å². The van der Waals surface area contributed by atoms with E-state index in [1.807, 2.05) is 0 Å². The molecule has 1 aliphatic carbocycles. The van der Waals surface area contributed by atoms with Gasteiger partial charge in [-0.15, -0.1) is 0 Å². The summed E-state index contributed by atoms with van der Waals surface area (Å²) in [6, 6.07) is 13.0. The lowest BCUT2D eigenvalue weighted by Gasteiger charge is -2.25. The lowest BCUT2D eigenvalue weighted by atomic mass is 10.1. The van der Waals surface area contributed by atoms with Crippen LogP contribution in [0.3, 0.4) is 0 Å². The van der Waals surface area contributed by atoms with Crippen molar-refractivity contribution in [2.75, 3.05) is 26.3 Å². The molecule has 0 spiro atoms.